The minimum Gasteiger partial charge on any atom is -0.447 e. The maximum absolute atomic E-state index is 11.9. The number of anilines is 1. The molecule has 0 spiro atoms. The number of benzene rings is 1. The highest BCUT2D eigenvalue weighted by Crippen LogP contribution is 2.19. The fraction of sp³-hybridized carbons (Fsp3) is 0.571. The van der Waals surface area contributed by atoms with Gasteiger partial charge in [0.1, 0.15) is 6.61 Å². The van der Waals surface area contributed by atoms with E-state index >= 15 is 0 Å². The van der Waals surface area contributed by atoms with Crippen LogP contribution in [-0.2, 0) is 20.8 Å². The van der Waals surface area contributed by atoms with Crippen molar-refractivity contribution >= 4 is 47.6 Å². The molecule has 1 aromatic carbocycles. The van der Waals surface area contributed by atoms with Crippen molar-refractivity contribution in [3.63, 3.8) is 0 Å². The van der Waals surface area contributed by atoms with Crippen molar-refractivity contribution in [3.8, 4) is 0 Å². The first-order valence-corrected chi connectivity index (χ1v) is 10.6. The Bertz CT molecular complexity index is 768. The summed E-state index contributed by atoms with van der Waals surface area (Å²) in [4.78, 5) is 33.7. The number of guanidine groups is 1. The zero-order chi connectivity index (χ0) is 22.1. The fourth-order valence-electron chi connectivity index (χ4n) is 3.23. The third-order valence-electron chi connectivity index (χ3n) is 5.16. The number of carbonyl (C=O) groups excluding carboxylic acids is 2. The first-order valence-electron chi connectivity index (χ1n) is 10.6. The molecule has 178 valence electrons. The van der Waals surface area contributed by atoms with Crippen LogP contribution in [0.2, 0.25) is 0 Å². The van der Waals surface area contributed by atoms with Crippen molar-refractivity contribution < 1.29 is 19.1 Å². The van der Waals surface area contributed by atoms with Crippen molar-refractivity contribution in [2.45, 2.75) is 6.54 Å². The van der Waals surface area contributed by atoms with Gasteiger partial charge in [-0.25, -0.2) is 9.79 Å². The molecule has 2 N–H and O–H groups in total. The fourth-order valence-corrected chi connectivity index (χ4v) is 3.23. The summed E-state index contributed by atoms with van der Waals surface area (Å²) in [5.74, 6) is 0.570. The van der Waals surface area contributed by atoms with E-state index in [4.69, 9.17) is 9.47 Å². The van der Waals surface area contributed by atoms with Crippen LogP contribution in [0.5, 0.6) is 0 Å². The van der Waals surface area contributed by atoms with Crippen LogP contribution in [0, 0.1) is 0 Å². The third kappa shape index (κ3) is 8.10. The van der Waals surface area contributed by atoms with Crippen molar-refractivity contribution in [3.05, 3.63) is 29.8 Å². The molecule has 0 saturated carbocycles. The molecule has 0 bridgehead atoms. The number of carbonyl (C=O) groups is 2. The Hall–Kier alpha value is -2.12. The molecule has 0 aliphatic carbocycles. The van der Waals surface area contributed by atoms with Crippen molar-refractivity contribution in [2.24, 2.45) is 4.99 Å². The highest BCUT2D eigenvalue weighted by Gasteiger charge is 2.23. The predicted octanol–water partition coefficient (Wildman–Crippen LogP) is 0.717. The maximum atomic E-state index is 11.9. The summed E-state index contributed by atoms with van der Waals surface area (Å²) in [6.07, 6.45) is -0.313. The molecule has 0 aromatic heterocycles. The van der Waals surface area contributed by atoms with E-state index in [1.165, 1.54) is 0 Å². The van der Waals surface area contributed by atoms with Crippen molar-refractivity contribution in [2.75, 3.05) is 78.1 Å². The summed E-state index contributed by atoms with van der Waals surface area (Å²) >= 11 is 0. The SMILES string of the molecule is CN(C)C(=O)CNC(=NCc1ccc(N2CCOC2=O)cc1)NCCN1CCOCC1.I. The topological polar surface area (TPSA) is 98.7 Å². The van der Waals surface area contributed by atoms with Crippen LogP contribution in [0.4, 0.5) is 10.5 Å². The zero-order valence-corrected chi connectivity index (χ0v) is 21.0. The van der Waals surface area contributed by atoms with Gasteiger partial charge in [0.15, 0.2) is 5.96 Å². The minimum atomic E-state index is -0.313. The third-order valence-corrected chi connectivity index (χ3v) is 5.16. The standard InChI is InChI=1S/C21H32N6O4.HI/c1-25(2)19(28)16-24-20(22-7-8-26-9-12-30-13-10-26)23-15-17-3-5-18(6-4-17)27-11-14-31-21(27)29;/h3-6H,7-16H2,1-2H3,(H2,22,23,24);1H. The summed E-state index contributed by atoms with van der Waals surface area (Å²) in [5.41, 5.74) is 1.82. The molecule has 1 aromatic rings. The maximum Gasteiger partial charge on any atom is 0.414 e. The molecule has 2 amide bonds. The van der Waals surface area contributed by atoms with Gasteiger partial charge in [-0.3, -0.25) is 14.6 Å². The number of amides is 2. The number of morpholine rings is 1. The highest BCUT2D eigenvalue weighted by molar-refractivity contribution is 14.0. The molecular formula is C21H33IN6O4. The Morgan fingerprint density at radius 2 is 1.81 bits per heavy atom. The number of nitrogens with zero attached hydrogens (tertiary/aromatic N) is 4. The average Bonchev–Trinajstić information content (AvgIpc) is 3.21. The largest absolute Gasteiger partial charge is 0.447 e. The van der Waals surface area contributed by atoms with E-state index in [0.29, 0.717) is 25.7 Å². The van der Waals surface area contributed by atoms with E-state index in [1.807, 2.05) is 24.3 Å². The van der Waals surface area contributed by atoms with E-state index in [0.717, 1.165) is 50.6 Å². The number of rotatable bonds is 8. The van der Waals surface area contributed by atoms with Crippen LogP contribution in [0.1, 0.15) is 5.56 Å². The van der Waals surface area contributed by atoms with E-state index in [-0.39, 0.29) is 42.5 Å². The van der Waals surface area contributed by atoms with Gasteiger partial charge in [-0.05, 0) is 17.7 Å². The molecule has 2 saturated heterocycles. The molecule has 0 radical (unpaired) electrons. The van der Waals surface area contributed by atoms with Crippen LogP contribution >= 0.6 is 24.0 Å². The van der Waals surface area contributed by atoms with Crippen LogP contribution in [0.25, 0.3) is 0 Å². The Kier molecular flexibility index (Phi) is 11.0. The van der Waals surface area contributed by atoms with Gasteiger partial charge in [-0.1, -0.05) is 12.1 Å². The highest BCUT2D eigenvalue weighted by atomic mass is 127. The molecule has 10 nitrogen and oxygen atoms in total. The van der Waals surface area contributed by atoms with Crippen LogP contribution in [-0.4, -0.2) is 101 Å². The average molecular weight is 560 g/mol. The van der Waals surface area contributed by atoms with E-state index in [9.17, 15) is 9.59 Å². The molecule has 2 fully saturated rings. The summed E-state index contributed by atoms with van der Waals surface area (Å²) < 4.78 is 10.4. The number of halogens is 1. The lowest BCUT2D eigenvalue weighted by atomic mass is 10.2. The Balaban J connectivity index is 0.00000363. The van der Waals surface area contributed by atoms with Gasteiger partial charge in [-0.15, -0.1) is 24.0 Å². The lowest BCUT2D eigenvalue weighted by Crippen LogP contribution is -2.46. The van der Waals surface area contributed by atoms with Crippen LogP contribution in [0.15, 0.2) is 29.3 Å². The molecule has 11 heteroatoms. The molecule has 0 unspecified atom stereocenters. The summed E-state index contributed by atoms with van der Waals surface area (Å²) in [6, 6.07) is 7.68. The monoisotopic (exact) mass is 560 g/mol. The Labute approximate surface area is 206 Å². The van der Waals surface area contributed by atoms with Gasteiger partial charge in [0.2, 0.25) is 5.91 Å². The second-order valence-electron chi connectivity index (χ2n) is 7.62. The van der Waals surface area contributed by atoms with E-state index in [1.54, 1.807) is 23.9 Å². The number of hydrogen-bond acceptors (Lipinski definition) is 6. The number of aliphatic imine (C=N–C) groups is 1. The van der Waals surface area contributed by atoms with Crippen LogP contribution < -0.4 is 15.5 Å². The second-order valence-corrected chi connectivity index (χ2v) is 7.62. The van der Waals surface area contributed by atoms with Crippen molar-refractivity contribution in [1.29, 1.82) is 0 Å². The molecule has 2 aliphatic heterocycles. The summed E-state index contributed by atoms with van der Waals surface area (Å²) in [6.45, 7) is 6.60. The minimum absolute atomic E-state index is 0. The van der Waals surface area contributed by atoms with Crippen LogP contribution in [0.3, 0.4) is 0 Å². The molecule has 32 heavy (non-hydrogen) atoms. The molecule has 0 atom stereocenters. The zero-order valence-electron chi connectivity index (χ0n) is 18.7. The van der Waals surface area contributed by atoms with Gasteiger partial charge in [0.25, 0.3) is 0 Å². The molecular weight excluding hydrogens is 527 g/mol. The second kappa shape index (κ2) is 13.4. The molecule has 2 aliphatic rings. The number of ether oxygens (including phenoxy) is 2. The molecule has 2 heterocycles. The number of hydrogen-bond donors (Lipinski definition) is 2. The van der Waals surface area contributed by atoms with Gasteiger partial charge >= 0.3 is 6.09 Å². The first kappa shape index (κ1) is 26.1. The lowest BCUT2D eigenvalue weighted by molar-refractivity contribution is -0.127. The van der Waals surface area contributed by atoms with Crippen molar-refractivity contribution in [1.82, 2.24) is 20.4 Å². The van der Waals surface area contributed by atoms with Gasteiger partial charge in [-0.2, -0.15) is 0 Å². The predicted molar refractivity (Wildman–Crippen MR) is 134 cm³/mol. The smallest absolute Gasteiger partial charge is 0.414 e. The normalized spacial score (nSPS) is 16.9. The number of cyclic esters (lactones) is 1. The van der Waals surface area contributed by atoms with Gasteiger partial charge in [0, 0.05) is 46.0 Å². The van der Waals surface area contributed by atoms with Gasteiger partial charge < -0.3 is 25.0 Å². The first-order chi connectivity index (χ1) is 15.0. The Morgan fingerprint density at radius 3 is 2.44 bits per heavy atom. The number of likely N-dealkylation sites (N-methyl/N-ethyl adjacent to an activating group) is 1. The van der Waals surface area contributed by atoms with Gasteiger partial charge in [0.05, 0.1) is 32.8 Å². The summed E-state index contributed by atoms with van der Waals surface area (Å²) in [5, 5.41) is 6.42. The van der Waals surface area contributed by atoms with E-state index in [2.05, 4.69) is 20.5 Å². The molecule has 3 rings (SSSR count). The quantitative estimate of drug-likeness (QED) is 0.275. The lowest BCUT2D eigenvalue weighted by Gasteiger charge is -2.26. The van der Waals surface area contributed by atoms with E-state index < -0.39 is 0 Å². The summed E-state index contributed by atoms with van der Waals surface area (Å²) in [7, 11) is 3.45. The Morgan fingerprint density at radius 1 is 1.09 bits per heavy atom. The number of nitrogens with one attached hydrogen (secondary N) is 2.